The minimum Gasteiger partial charge on any atom is -0.366 e. The molecule has 2 atom stereocenters. The van der Waals surface area contributed by atoms with E-state index in [0.29, 0.717) is 18.8 Å². The van der Waals surface area contributed by atoms with Gasteiger partial charge in [-0.05, 0) is 32.0 Å². The van der Waals surface area contributed by atoms with Crippen molar-refractivity contribution in [3.63, 3.8) is 0 Å². The Hall–Kier alpha value is -1.18. The molecule has 0 bridgehead atoms. The van der Waals surface area contributed by atoms with E-state index in [-0.39, 0.29) is 17.0 Å². The second kappa shape index (κ2) is 5.07. The number of nitrogens with zero attached hydrogens (tertiary/aromatic N) is 1. The van der Waals surface area contributed by atoms with Crippen molar-refractivity contribution in [2.45, 2.75) is 30.8 Å². The number of hydrogen-bond acceptors (Lipinski definition) is 4. The average Bonchev–Trinajstić information content (AvgIpc) is 2.26. The van der Waals surface area contributed by atoms with E-state index in [4.69, 9.17) is 5.14 Å². The lowest BCUT2D eigenvalue weighted by Gasteiger charge is -2.37. The molecule has 1 aromatic carbocycles. The van der Waals surface area contributed by atoms with E-state index in [9.17, 15) is 12.8 Å². The molecular weight excluding hydrogens is 269 g/mol. The molecule has 0 amide bonds. The van der Waals surface area contributed by atoms with Crippen LogP contribution in [0.2, 0.25) is 0 Å². The SMILES string of the molecule is CC1CN(c2ccc(S(N)(=O)=O)cc2F)CC(C)N1. The fourth-order valence-electron chi connectivity index (χ4n) is 2.44. The number of halogens is 1. The molecule has 0 radical (unpaired) electrons. The zero-order valence-electron chi connectivity index (χ0n) is 10.9. The van der Waals surface area contributed by atoms with E-state index >= 15 is 0 Å². The Balaban J connectivity index is 2.31. The molecule has 1 aromatic rings. The molecule has 0 aliphatic carbocycles. The van der Waals surface area contributed by atoms with Crippen LogP contribution in [0.3, 0.4) is 0 Å². The maximum Gasteiger partial charge on any atom is 0.238 e. The third-order valence-electron chi connectivity index (χ3n) is 3.15. The summed E-state index contributed by atoms with van der Waals surface area (Å²) in [5.41, 5.74) is 0.410. The van der Waals surface area contributed by atoms with E-state index < -0.39 is 15.8 Å². The van der Waals surface area contributed by atoms with E-state index in [0.717, 1.165) is 6.07 Å². The van der Waals surface area contributed by atoms with Gasteiger partial charge in [0.15, 0.2) is 0 Å². The number of sulfonamides is 1. The van der Waals surface area contributed by atoms with Crippen molar-refractivity contribution < 1.29 is 12.8 Å². The highest BCUT2D eigenvalue weighted by Gasteiger charge is 2.23. The molecule has 1 saturated heterocycles. The Morgan fingerprint density at radius 3 is 2.37 bits per heavy atom. The van der Waals surface area contributed by atoms with E-state index in [1.54, 1.807) is 0 Å². The van der Waals surface area contributed by atoms with Crippen molar-refractivity contribution in [2.75, 3.05) is 18.0 Å². The fourth-order valence-corrected chi connectivity index (χ4v) is 2.97. The molecule has 7 heteroatoms. The van der Waals surface area contributed by atoms with Gasteiger partial charge in [-0.25, -0.2) is 17.9 Å². The van der Waals surface area contributed by atoms with Crippen molar-refractivity contribution in [3.05, 3.63) is 24.0 Å². The molecule has 106 valence electrons. The summed E-state index contributed by atoms with van der Waals surface area (Å²) in [6.07, 6.45) is 0. The first-order valence-corrected chi connectivity index (χ1v) is 7.65. The van der Waals surface area contributed by atoms with Crippen LogP contribution in [0.1, 0.15) is 13.8 Å². The van der Waals surface area contributed by atoms with Crippen molar-refractivity contribution in [1.29, 1.82) is 0 Å². The van der Waals surface area contributed by atoms with Gasteiger partial charge in [-0.1, -0.05) is 0 Å². The van der Waals surface area contributed by atoms with Gasteiger partial charge in [-0.2, -0.15) is 0 Å². The van der Waals surface area contributed by atoms with Crippen LogP contribution in [0, 0.1) is 5.82 Å². The highest BCUT2D eigenvalue weighted by Crippen LogP contribution is 2.24. The van der Waals surface area contributed by atoms with E-state index in [2.05, 4.69) is 5.32 Å². The van der Waals surface area contributed by atoms with Crippen molar-refractivity contribution >= 4 is 15.7 Å². The number of hydrogen-bond donors (Lipinski definition) is 2. The maximum absolute atomic E-state index is 14.0. The monoisotopic (exact) mass is 287 g/mol. The summed E-state index contributed by atoms with van der Waals surface area (Å²) in [5.74, 6) is -0.562. The molecule has 0 spiro atoms. The molecule has 1 aliphatic rings. The lowest BCUT2D eigenvalue weighted by Crippen LogP contribution is -2.54. The summed E-state index contributed by atoms with van der Waals surface area (Å²) >= 11 is 0. The quantitative estimate of drug-likeness (QED) is 0.838. The van der Waals surface area contributed by atoms with Crippen LogP contribution in [-0.4, -0.2) is 33.6 Å². The van der Waals surface area contributed by atoms with Crippen LogP contribution in [0.25, 0.3) is 0 Å². The van der Waals surface area contributed by atoms with Gasteiger partial charge in [0.1, 0.15) is 5.82 Å². The third-order valence-corrected chi connectivity index (χ3v) is 4.06. The Labute approximate surface area is 112 Å². The number of rotatable bonds is 2. The topological polar surface area (TPSA) is 75.4 Å². The van der Waals surface area contributed by atoms with Gasteiger partial charge >= 0.3 is 0 Å². The van der Waals surface area contributed by atoms with E-state index in [1.807, 2.05) is 18.7 Å². The van der Waals surface area contributed by atoms with Crippen LogP contribution >= 0.6 is 0 Å². The fraction of sp³-hybridized carbons (Fsp3) is 0.500. The Morgan fingerprint density at radius 2 is 1.89 bits per heavy atom. The Kier molecular flexibility index (Phi) is 3.80. The number of anilines is 1. The normalized spacial score (nSPS) is 24.5. The number of primary sulfonamides is 1. The zero-order chi connectivity index (χ0) is 14.2. The minimum atomic E-state index is -3.87. The van der Waals surface area contributed by atoms with Crippen molar-refractivity contribution in [1.82, 2.24) is 5.32 Å². The van der Waals surface area contributed by atoms with Gasteiger partial charge in [0.05, 0.1) is 10.6 Å². The largest absolute Gasteiger partial charge is 0.366 e. The summed E-state index contributed by atoms with van der Waals surface area (Å²) < 4.78 is 36.4. The predicted octanol–water partition coefficient (Wildman–Crippen LogP) is 0.660. The molecule has 2 rings (SSSR count). The number of nitrogens with two attached hydrogens (primary N) is 1. The highest BCUT2D eigenvalue weighted by atomic mass is 32.2. The first-order valence-electron chi connectivity index (χ1n) is 6.10. The zero-order valence-corrected chi connectivity index (χ0v) is 11.7. The molecule has 0 aromatic heterocycles. The number of nitrogens with one attached hydrogen (secondary N) is 1. The lowest BCUT2D eigenvalue weighted by atomic mass is 10.1. The standard InChI is InChI=1S/C12H18FN3O2S/c1-8-6-16(7-9(2)15-8)12-4-3-10(5-11(12)13)19(14,17)18/h3-5,8-9,15H,6-7H2,1-2H3,(H2,14,17,18). The molecule has 0 saturated carbocycles. The Bertz CT molecular complexity index is 566. The van der Waals surface area contributed by atoms with Crippen molar-refractivity contribution in [3.8, 4) is 0 Å². The number of piperazine rings is 1. The van der Waals surface area contributed by atoms with Crippen molar-refractivity contribution in [2.24, 2.45) is 5.14 Å². The van der Waals surface area contributed by atoms with Gasteiger partial charge in [0.25, 0.3) is 0 Å². The number of benzene rings is 1. The highest BCUT2D eigenvalue weighted by molar-refractivity contribution is 7.89. The van der Waals surface area contributed by atoms with Crippen LogP contribution in [0.5, 0.6) is 0 Å². The predicted molar refractivity (Wildman–Crippen MR) is 72.0 cm³/mol. The molecule has 2 unspecified atom stereocenters. The van der Waals surface area contributed by atoms with Gasteiger partial charge in [-0.3, -0.25) is 0 Å². The van der Waals surface area contributed by atoms with E-state index in [1.165, 1.54) is 12.1 Å². The molecule has 5 nitrogen and oxygen atoms in total. The Morgan fingerprint density at radius 1 is 1.32 bits per heavy atom. The summed E-state index contributed by atoms with van der Waals surface area (Å²) in [6, 6.07) is 4.29. The smallest absolute Gasteiger partial charge is 0.238 e. The van der Waals surface area contributed by atoms with Crippen LogP contribution in [0.4, 0.5) is 10.1 Å². The summed E-state index contributed by atoms with van der Waals surface area (Å²) in [7, 11) is -3.87. The van der Waals surface area contributed by atoms with Gasteiger partial charge in [0.2, 0.25) is 10.0 Å². The molecular formula is C12H18FN3O2S. The van der Waals surface area contributed by atoms with Gasteiger partial charge < -0.3 is 10.2 Å². The second-order valence-electron chi connectivity index (χ2n) is 5.03. The average molecular weight is 287 g/mol. The molecule has 1 heterocycles. The maximum atomic E-state index is 14.0. The van der Waals surface area contributed by atoms with Crippen LogP contribution in [-0.2, 0) is 10.0 Å². The molecule has 1 aliphatic heterocycles. The summed E-state index contributed by atoms with van der Waals surface area (Å²) in [6.45, 7) is 5.41. The van der Waals surface area contributed by atoms with Crippen LogP contribution < -0.4 is 15.4 Å². The van der Waals surface area contributed by atoms with Gasteiger partial charge in [0, 0.05) is 25.2 Å². The molecule has 1 fully saturated rings. The van der Waals surface area contributed by atoms with Gasteiger partial charge in [-0.15, -0.1) is 0 Å². The lowest BCUT2D eigenvalue weighted by molar-refractivity contribution is 0.404. The molecule has 3 N–H and O–H groups in total. The van der Waals surface area contributed by atoms with Crippen LogP contribution in [0.15, 0.2) is 23.1 Å². The third kappa shape index (κ3) is 3.23. The molecule has 19 heavy (non-hydrogen) atoms. The second-order valence-corrected chi connectivity index (χ2v) is 6.59. The first kappa shape index (κ1) is 14.2. The minimum absolute atomic E-state index is 0.204. The first-order chi connectivity index (χ1) is 8.77. The summed E-state index contributed by atoms with van der Waals surface area (Å²) in [4.78, 5) is 1.71. The summed E-state index contributed by atoms with van der Waals surface area (Å²) in [5, 5.41) is 8.33.